The number of hydrogen-bond acceptors (Lipinski definition) is 4. The zero-order valence-corrected chi connectivity index (χ0v) is 16.1. The van der Waals surface area contributed by atoms with Gasteiger partial charge in [0, 0.05) is 18.4 Å². The predicted octanol–water partition coefficient (Wildman–Crippen LogP) is 4.27. The number of carbonyl (C=O) groups excluding carboxylic acids is 2. The van der Waals surface area contributed by atoms with Crippen molar-refractivity contribution < 1.29 is 14.3 Å². The van der Waals surface area contributed by atoms with Crippen LogP contribution in [0.4, 0.5) is 11.4 Å². The molecule has 142 valence electrons. The number of rotatable bonds is 5. The van der Waals surface area contributed by atoms with E-state index >= 15 is 0 Å². The summed E-state index contributed by atoms with van der Waals surface area (Å²) in [6.07, 6.45) is 0. The molecule has 0 aliphatic carbocycles. The normalized spacial score (nSPS) is 10.2. The summed E-state index contributed by atoms with van der Waals surface area (Å²) in [6.45, 7) is 0. The molecule has 0 aliphatic rings. The number of amides is 2. The minimum absolute atomic E-state index is 0.124. The van der Waals surface area contributed by atoms with Crippen molar-refractivity contribution in [2.45, 2.75) is 0 Å². The van der Waals surface area contributed by atoms with Crippen LogP contribution in [0.1, 0.15) is 21.0 Å². The first-order valence-corrected chi connectivity index (χ1v) is 8.82. The Labute approximate surface area is 167 Å². The van der Waals surface area contributed by atoms with Gasteiger partial charge in [-0.15, -0.1) is 0 Å². The molecule has 0 saturated heterocycles. The topological polar surface area (TPSA) is 71.5 Å². The van der Waals surface area contributed by atoms with E-state index in [0.29, 0.717) is 16.5 Å². The molecular formula is C21H18ClN3O3. The van der Waals surface area contributed by atoms with Crippen molar-refractivity contribution in [3.8, 4) is 5.75 Å². The van der Waals surface area contributed by atoms with Crippen LogP contribution in [0, 0.1) is 0 Å². The molecule has 1 N–H and O–H groups in total. The van der Waals surface area contributed by atoms with Gasteiger partial charge < -0.3 is 15.0 Å². The number of nitrogens with zero attached hydrogens (tertiary/aromatic N) is 2. The summed E-state index contributed by atoms with van der Waals surface area (Å²) in [6, 6.07) is 18.8. The van der Waals surface area contributed by atoms with Crippen LogP contribution < -0.4 is 15.0 Å². The van der Waals surface area contributed by atoms with Gasteiger partial charge in [-0.05, 0) is 42.5 Å². The SMILES string of the molecule is COc1ccc(NC(=O)c2cccc(C(=O)N(C)c3ccccc3)n2)cc1Cl. The number of anilines is 2. The number of aromatic nitrogens is 1. The number of benzene rings is 2. The van der Waals surface area contributed by atoms with Crippen molar-refractivity contribution in [1.29, 1.82) is 0 Å². The lowest BCUT2D eigenvalue weighted by molar-refractivity contribution is 0.0988. The second-order valence-electron chi connectivity index (χ2n) is 5.91. The molecule has 1 aromatic heterocycles. The number of pyridine rings is 1. The minimum atomic E-state index is -0.446. The summed E-state index contributed by atoms with van der Waals surface area (Å²) in [5.41, 5.74) is 1.53. The third-order valence-electron chi connectivity index (χ3n) is 4.06. The number of halogens is 1. The molecule has 0 fully saturated rings. The van der Waals surface area contributed by atoms with E-state index in [1.165, 1.54) is 12.0 Å². The number of ether oxygens (including phenoxy) is 1. The molecule has 0 saturated carbocycles. The van der Waals surface area contributed by atoms with Crippen LogP contribution in [0.25, 0.3) is 0 Å². The molecule has 2 aromatic carbocycles. The number of methoxy groups -OCH3 is 1. The summed E-state index contributed by atoms with van der Waals surface area (Å²) in [4.78, 5) is 30.9. The molecule has 0 aliphatic heterocycles. The molecule has 6 nitrogen and oxygen atoms in total. The van der Waals surface area contributed by atoms with Crippen molar-refractivity contribution in [3.63, 3.8) is 0 Å². The summed E-state index contributed by atoms with van der Waals surface area (Å²) < 4.78 is 5.09. The second-order valence-corrected chi connectivity index (χ2v) is 6.32. The fourth-order valence-corrected chi connectivity index (χ4v) is 2.82. The van der Waals surface area contributed by atoms with E-state index in [9.17, 15) is 9.59 Å². The molecule has 0 spiro atoms. The summed E-state index contributed by atoms with van der Waals surface area (Å²) >= 11 is 6.08. The van der Waals surface area contributed by atoms with Gasteiger partial charge in [-0.2, -0.15) is 0 Å². The van der Waals surface area contributed by atoms with E-state index < -0.39 is 5.91 Å². The summed E-state index contributed by atoms with van der Waals surface area (Å²) in [7, 11) is 3.17. The molecule has 0 bridgehead atoms. The van der Waals surface area contributed by atoms with Gasteiger partial charge in [0.2, 0.25) is 0 Å². The Hall–Kier alpha value is -3.38. The Morgan fingerprint density at radius 3 is 2.39 bits per heavy atom. The largest absolute Gasteiger partial charge is 0.495 e. The smallest absolute Gasteiger partial charge is 0.276 e. The monoisotopic (exact) mass is 395 g/mol. The van der Waals surface area contributed by atoms with Gasteiger partial charge in [0.25, 0.3) is 11.8 Å². The van der Waals surface area contributed by atoms with E-state index in [-0.39, 0.29) is 17.3 Å². The number of hydrogen-bond donors (Lipinski definition) is 1. The Morgan fingerprint density at radius 1 is 1.00 bits per heavy atom. The highest BCUT2D eigenvalue weighted by Gasteiger charge is 2.17. The second kappa shape index (κ2) is 8.54. The Morgan fingerprint density at radius 2 is 1.71 bits per heavy atom. The van der Waals surface area contributed by atoms with E-state index in [0.717, 1.165) is 5.69 Å². The van der Waals surface area contributed by atoms with Crippen molar-refractivity contribution in [2.75, 3.05) is 24.4 Å². The molecule has 3 aromatic rings. The summed E-state index contributed by atoms with van der Waals surface area (Å²) in [5.74, 6) is -0.249. The lowest BCUT2D eigenvalue weighted by Crippen LogP contribution is -2.27. The van der Waals surface area contributed by atoms with Crippen LogP contribution in [0.15, 0.2) is 66.7 Å². The Bertz CT molecular complexity index is 1010. The third-order valence-corrected chi connectivity index (χ3v) is 4.35. The van der Waals surface area contributed by atoms with Crippen LogP contribution in [0.3, 0.4) is 0 Å². The fraction of sp³-hybridized carbons (Fsp3) is 0.0952. The maximum atomic E-state index is 12.7. The zero-order chi connectivity index (χ0) is 20.1. The Balaban J connectivity index is 1.78. The van der Waals surface area contributed by atoms with E-state index in [2.05, 4.69) is 10.3 Å². The highest BCUT2D eigenvalue weighted by molar-refractivity contribution is 6.32. The van der Waals surface area contributed by atoms with Gasteiger partial charge in [-0.1, -0.05) is 35.9 Å². The van der Waals surface area contributed by atoms with Gasteiger partial charge in [-0.3, -0.25) is 9.59 Å². The quantitative estimate of drug-likeness (QED) is 0.700. The fourth-order valence-electron chi connectivity index (χ4n) is 2.56. The molecule has 0 unspecified atom stereocenters. The van der Waals surface area contributed by atoms with E-state index in [1.807, 2.05) is 30.3 Å². The average molecular weight is 396 g/mol. The number of para-hydroxylation sites is 1. The molecular weight excluding hydrogens is 378 g/mol. The molecule has 2 amide bonds. The predicted molar refractivity (Wildman–Crippen MR) is 109 cm³/mol. The zero-order valence-electron chi connectivity index (χ0n) is 15.3. The molecule has 3 rings (SSSR count). The molecule has 0 radical (unpaired) electrons. The molecule has 7 heteroatoms. The highest BCUT2D eigenvalue weighted by Crippen LogP contribution is 2.27. The first-order valence-electron chi connectivity index (χ1n) is 8.44. The van der Waals surface area contributed by atoms with Crippen molar-refractivity contribution in [1.82, 2.24) is 4.98 Å². The first kappa shape index (κ1) is 19.4. The number of nitrogens with one attached hydrogen (secondary N) is 1. The van der Waals surface area contributed by atoms with Crippen LogP contribution in [0.2, 0.25) is 5.02 Å². The lowest BCUT2D eigenvalue weighted by atomic mass is 10.2. The maximum absolute atomic E-state index is 12.7. The average Bonchev–Trinajstić information content (AvgIpc) is 2.73. The van der Waals surface area contributed by atoms with Gasteiger partial charge >= 0.3 is 0 Å². The third kappa shape index (κ3) is 4.29. The maximum Gasteiger partial charge on any atom is 0.276 e. The Kier molecular flexibility index (Phi) is 5.91. The molecule has 1 heterocycles. The highest BCUT2D eigenvalue weighted by atomic mass is 35.5. The van der Waals surface area contributed by atoms with Gasteiger partial charge in [-0.25, -0.2) is 4.98 Å². The molecule has 0 atom stereocenters. The van der Waals surface area contributed by atoms with Gasteiger partial charge in [0.15, 0.2) is 0 Å². The van der Waals surface area contributed by atoms with Crippen LogP contribution in [0.5, 0.6) is 5.75 Å². The van der Waals surface area contributed by atoms with Crippen molar-refractivity contribution in [3.05, 3.63) is 83.1 Å². The van der Waals surface area contributed by atoms with Gasteiger partial charge in [0.1, 0.15) is 17.1 Å². The van der Waals surface area contributed by atoms with Crippen LogP contribution in [-0.2, 0) is 0 Å². The minimum Gasteiger partial charge on any atom is -0.495 e. The van der Waals surface area contributed by atoms with Gasteiger partial charge in [0.05, 0.1) is 12.1 Å². The number of carbonyl (C=O) groups is 2. The van der Waals surface area contributed by atoms with Crippen molar-refractivity contribution >= 4 is 34.8 Å². The standard InChI is InChI=1S/C21H18ClN3O3/c1-25(15-7-4-3-5-8-15)21(27)18-10-6-9-17(24-18)20(26)23-14-11-12-19(28-2)16(22)13-14/h3-13H,1-2H3,(H,23,26). The van der Waals surface area contributed by atoms with E-state index in [1.54, 1.807) is 43.4 Å². The van der Waals surface area contributed by atoms with Crippen LogP contribution in [-0.4, -0.2) is 31.0 Å². The van der Waals surface area contributed by atoms with E-state index in [4.69, 9.17) is 16.3 Å². The first-order chi connectivity index (χ1) is 13.5. The van der Waals surface area contributed by atoms with Crippen molar-refractivity contribution in [2.24, 2.45) is 0 Å². The van der Waals surface area contributed by atoms with Crippen LogP contribution >= 0.6 is 11.6 Å². The summed E-state index contributed by atoms with van der Waals surface area (Å²) in [5, 5.41) is 3.09. The molecule has 28 heavy (non-hydrogen) atoms. The lowest BCUT2D eigenvalue weighted by Gasteiger charge is -2.17.